The first-order chi connectivity index (χ1) is 10.3. The van der Waals surface area contributed by atoms with Gasteiger partial charge in [0, 0.05) is 37.8 Å². The van der Waals surface area contributed by atoms with Crippen LogP contribution in [0, 0.1) is 11.7 Å². The zero-order valence-electron chi connectivity index (χ0n) is 12.5. The topological polar surface area (TPSA) is 15.3 Å². The third-order valence-corrected chi connectivity index (χ3v) is 5.55. The number of rotatable bonds is 3. The Morgan fingerprint density at radius 2 is 1.86 bits per heavy atom. The van der Waals surface area contributed by atoms with Crippen molar-refractivity contribution < 1.29 is 4.39 Å². The zero-order chi connectivity index (χ0) is 14.7. The van der Waals surface area contributed by atoms with E-state index >= 15 is 0 Å². The second-order valence-electron chi connectivity index (χ2n) is 6.27. The molecule has 0 amide bonds. The molecular formula is C17H24BrFN2. The zero-order valence-corrected chi connectivity index (χ0v) is 14.0. The summed E-state index contributed by atoms with van der Waals surface area (Å²) in [6.07, 6.45) is 6.40. The molecule has 2 nitrogen and oxygen atoms in total. The second kappa shape index (κ2) is 7.21. The van der Waals surface area contributed by atoms with Crippen molar-refractivity contribution in [3.05, 3.63) is 34.1 Å². The number of halogens is 2. The molecule has 1 N–H and O–H groups in total. The van der Waals surface area contributed by atoms with Crippen molar-refractivity contribution in [2.45, 2.75) is 38.1 Å². The first kappa shape index (κ1) is 15.4. The largest absolute Gasteiger partial charge is 0.314 e. The highest BCUT2D eigenvalue weighted by Gasteiger charge is 2.32. The van der Waals surface area contributed by atoms with Gasteiger partial charge in [0.2, 0.25) is 0 Å². The molecule has 0 spiro atoms. The minimum Gasteiger partial charge on any atom is -0.314 e. The van der Waals surface area contributed by atoms with Crippen molar-refractivity contribution in [1.82, 2.24) is 10.2 Å². The van der Waals surface area contributed by atoms with Gasteiger partial charge in [-0.25, -0.2) is 4.39 Å². The van der Waals surface area contributed by atoms with E-state index in [2.05, 4.69) is 26.1 Å². The highest BCUT2D eigenvalue weighted by molar-refractivity contribution is 9.10. The summed E-state index contributed by atoms with van der Waals surface area (Å²) in [5.41, 5.74) is 0.887. The maximum atomic E-state index is 14.7. The standard InChI is InChI=1S/C17H24BrFN2/c18-15-8-4-7-14(16(15)19)17(13-5-2-1-3-6-13)21-11-9-20-10-12-21/h4,7-8,13,17,20H,1-3,5-6,9-12H2/t17-/m1/s1. The number of nitrogens with zero attached hydrogens (tertiary/aromatic N) is 1. The fraction of sp³-hybridized carbons (Fsp3) is 0.647. The molecule has 1 aliphatic heterocycles. The second-order valence-corrected chi connectivity index (χ2v) is 7.13. The summed E-state index contributed by atoms with van der Waals surface area (Å²) in [7, 11) is 0. The fourth-order valence-electron chi connectivity index (χ4n) is 3.91. The number of hydrogen-bond donors (Lipinski definition) is 1. The Bertz CT molecular complexity index is 450. The van der Waals surface area contributed by atoms with Crippen LogP contribution in [0.2, 0.25) is 0 Å². The van der Waals surface area contributed by atoms with E-state index < -0.39 is 0 Å². The van der Waals surface area contributed by atoms with Gasteiger partial charge < -0.3 is 5.32 Å². The van der Waals surface area contributed by atoms with Gasteiger partial charge in [0.25, 0.3) is 0 Å². The van der Waals surface area contributed by atoms with E-state index in [4.69, 9.17) is 0 Å². The van der Waals surface area contributed by atoms with Crippen LogP contribution in [0.4, 0.5) is 4.39 Å². The normalized spacial score (nSPS) is 23.1. The molecule has 0 aromatic heterocycles. The van der Waals surface area contributed by atoms with Crippen LogP contribution in [0.1, 0.15) is 43.7 Å². The van der Waals surface area contributed by atoms with Crippen molar-refractivity contribution in [1.29, 1.82) is 0 Å². The Labute approximate surface area is 135 Å². The quantitative estimate of drug-likeness (QED) is 0.878. The maximum Gasteiger partial charge on any atom is 0.142 e. The molecule has 3 rings (SSSR count). The monoisotopic (exact) mass is 354 g/mol. The highest BCUT2D eigenvalue weighted by Crippen LogP contribution is 2.40. The third kappa shape index (κ3) is 3.49. The Morgan fingerprint density at radius 3 is 2.57 bits per heavy atom. The average Bonchev–Trinajstić information content (AvgIpc) is 2.54. The first-order valence-electron chi connectivity index (χ1n) is 8.16. The fourth-order valence-corrected chi connectivity index (χ4v) is 4.29. The number of piperazine rings is 1. The number of hydrogen-bond acceptors (Lipinski definition) is 2. The Morgan fingerprint density at radius 1 is 1.14 bits per heavy atom. The minimum atomic E-state index is -0.0633. The summed E-state index contributed by atoms with van der Waals surface area (Å²) >= 11 is 3.36. The van der Waals surface area contributed by atoms with Gasteiger partial charge in [-0.2, -0.15) is 0 Å². The minimum absolute atomic E-state index is 0.0633. The SMILES string of the molecule is Fc1c(Br)cccc1[C@@H](C1CCCCC1)N1CCNCC1. The van der Waals surface area contributed by atoms with Crippen LogP contribution in [0.3, 0.4) is 0 Å². The molecule has 1 aromatic carbocycles. The summed E-state index contributed by atoms with van der Waals surface area (Å²) in [4.78, 5) is 2.50. The van der Waals surface area contributed by atoms with E-state index in [0.29, 0.717) is 10.4 Å². The molecule has 0 unspecified atom stereocenters. The van der Waals surface area contributed by atoms with Gasteiger partial charge in [-0.05, 0) is 40.8 Å². The molecule has 116 valence electrons. The van der Waals surface area contributed by atoms with Gasteiger partial charge >= 0.3 is 0 Å². The average molecular weight is 355 g/mol. The van der Waals surface area contributed by atoms with Crippen LogP contribution in [0.15, 0.2) is 22.7 Å². The number of benzene rings is 1. The lowest BCUT2D eigenvalue weighted by Crippen LogP contribution is -2.47. The summed E-state index contributed by atoms with van der Waals surface area (Å²) in [6, 6.07) is 6.00. The molecule has 4 heteroatoms. The van der Waals surface area contributed by atoms with Crippen LogP contribution < -0.4 is 5.32 Å². The predicted molar refractivity (Wildman–Crippen MR) is 87.9 cm³/mol. The molecule has 1 heterocycles. The van der Waals surface area contributed by atoms with Crippen LogP contribution in [0.25, 0.3) is 0 Å². The summed E-state index contributed by atoms with van der Waals surface area (Å²) < 4.78 is 15.3. The Kier molecular flexibility index (Phi) is 5.30. The van der Waals surface area contributed by atoms with Crippen molar-refractivity contribution >= 4 is 15.9 Å². The molecule has 0 bridgehead atoms. The summed E-state index contributed by atoms with van der Waals surface area (Å²) in [5, 5.41) is 3.41. The molecule has 21 heavy (non-hydrogen) atoms. The van der Waals surface area contributed by atoms with Gasteiger partial charge in [0.15, 0.2) is 0 Å². The smallest absolute Gasteiger partial charge is 0.142 e. The molecule has 0 radical (unpaired) electrons. The molecule has 1 saturated heterocycles. The van der Waals surface area contributed by atoms with Crippen LogP contribution in [-0.2, 0) is 0 Å². The van der Waals surface area contributed by atoms with Crippen LogP contribution in [0.5, 0.6) is 0 Å². The lowest BCUT2D eigenvalue weighted by atomic mass is 9.80. The molecule has 1 aromatic rings. The van der Waals surface area contributed by atoms with Crippen LogP contribution >= 0.6 is 15.9 Å². The van der Waals surface area contributed by atoms with Gasteiger partial charge in [-0.3, -0.25) is 4.90 Å². The van der Waals surface area contributed by atoms with E-state index in [1.165, 1.54) is 32.1 Å². The van der Waals surface area contributed by atoms with Crippen molar-refractivity contribution in [3.8, 4) is 0 Å². The van der Waals surface area contributed by atoms with Crippen molar-refractivity contribution in [2.75, 3.05) is 26.2 Å². The van der Waals surface area contributed by atoms with E-state index in [-0.39, 0.29) is 11.9 Å². The van der Waals surface area contributed by atoms with Gasteiger partial charge in [0.1, 0.15) is 5.82 Å². The first-order valence-corrected chi connectivity index (χ1v) is 8.95. The number of nitrogens with one attached hydrogen (secondary N) is 1. The van der Waals surface area contributed by atoms with E-state index in [9.17, 15) is 4.39 Å². The van der Waals surface area contributed by atoms with Crippen LogP contribution in [-0.4, -0.2) is 31.1 Å². The Balaban J connectivity index is 1.91. The van der Waals surface area contributed by atoms with Gasteiger partial charge in [-0.1, -0.05) is 31.4 Å². The Hall–Kier alpha value is -0.450. The maximum absolute atomic E-state index is 14.7. The van der Waals surface area contributed by atoms with Gasteiger partial charge in [0.05, 0.1) is 4.47 Å². The lowest BCUT2D eigenvalue weighted by molar-refractivity contribution is 0.100. The predicted octanol–water partition coefficient (Wildman–Crippen LogP) is 4.11. The molecule has 1 atom stereocenters. The van der Waals surface area contributed by atoms with Crippen molar-refractivity contribution in [2.24, 2.45) is 5.92 Å². The van der Waals surface area contributed by atoms with E-state index in [0.717, 1.165) is 31.7 Å². The highest BCUT2D eigenvalue weighted by atomic mass is 79.9. The van der Waals surface area contributed by atoms with Crippen molar-refractivity contribution in [3.63, 3.8) is 0 Å². The molecule has 2 aliphatic rings. The molecule has 1 aliphatic carbocycles. The van der Waals surface area contributed by atoms with Gasteiger partial charge in [-0.15, -0.1) is 0 Å². The molecule has 1 saturated carbocycles. The lowest BCUT2D eigenvalue weighted by Gasteiger charge is -2.41. The van der Waals surface area contributed by atoms with E-state index in [1.54, 1.807) is 6.07 Å². The molecular weight excluding hydrogens is 331 g/mol. The summed E-state index contributed by atoms with van der Waals surface area (Å²) in [5.74, 6) is 0.534. The molecule has 2 fully saturated rings. The summed E-state index contributed by atoms with van der Waals surface area (Å²) in [6.45, 7) is 4.07. The third-order valence-electron chi connectivity index (χ3n) is 4.94. The van der Waals surface area contributed by atoms with E-state index in [1.807, 2.05) is 12.1 Å².